The average Bonchev–Trinajstić information content (AvgIpc) is 3.20. The van der Waals surface area contributed by atoms with Crippen molar-refractivity contribution in [2.45, 2.75) is 52.1 Å². The van der Waals surface area contributed by atoms with Gasteiger partial charge in [-0.1, -0.05) is 25.1 Å². The lowest BCUT2D eigenvalue weighted by Gasteiger charge is -2.46. The summed E-state index contributed by atoms with van der Waals surface area (Å²) in [5.74, 6) is 0.248. The van der Waals surface area contributed by atoms with Crippen LogP contribution in [0, 0.1) is 6.92 Å². The molecule has 0 radical (unpaired) electrons. The number of rotatable bonds is 2. The monoisotopic (exact) mass is 434 g/mol. The molecule has 0 saturated carbocycles. The van der Waals surface area contributed by atoms with Crippen molar-refractivity contribution in [2.24, 2.45) is 7.05 Å². The van der Waals surface area contributed by atoms with Crippen LogP contribution in [0.2, 0.25) is 0 Å². The topological polar surface area (TPSA) is 60.1 Å². The first-order valence-electron chi connectivity index (χ1n) is 10.6. The van der Waals surface area contributed by atoms with E-state index in [1.54, 1.807) is 17.5 Å². The molecule has 5 rings (SSSR count). The Morgan fingerprint density at radius 3 is 2.81 bits per heavy atom. The first-order chi connectivity index (χ1) is 14.7. The fraction of sp³-hybridized carbons (Fsp3) is 0.375. The van der Waals surface area contributed by atoms with Gasteiger partial charge in [0.1, 0.15) is 12.1 Å². The Morgan fingerprint density at radius 2 is 2.03 bits per heavy atom. The molecule has 1 atom stereocenters. The minimum atomic E-state index is -0.344. The van der Waals surface area contributed by atoms with Crippen molar-refractivity contribution in [3.05, 3.63) is 57.3 Å². The molecule has 1 unspecified atom stereocenters. The Hall–Kier alpha value is -2.93. The normalized spacial score (nSPS) is 18.0. The van der Waals surface area contributed by atoms with Gasteiger partial charge in [0.2, 0.25) is 5.91 Å². The van der Waals surface area contributed by atoms with E-state index in [4.69, 9.17) is 0 Å². The Kier molecular flexibility index (Phi) is 4.38. The number of carbonyl (C=O) groups is 1. The summed E-state index contributed by atoms with van der Waals surface area (Å²) in [7, 11) is 1.90. The van der Waals surface area contributed by atoms with Crippen LogP contribution in [0.1, 0.15) is 43.6 Å². The quantitative estimate of drug-likeness (QED) is 0.464. The Labute approximate surface area is 184 Å². The summed E-state index contributed by atoms with van der Waals surface area (Å²) in [6.07, 6.45) is 2.59. The van der Waals surface area contributed by atoms with Crippen LogP contribution in [0.3, 0.4) is 0 Å². The number of thiophene rings is 1. The van der Waals surface area contributed by atoms with E-state index in [1.165, 1.54) is 15.1 Å². The second-order valence-electron chi connectivity index (χ2n) is 9.21. The Bertz CT molecular complexity index is 1410. The van der Waals surface area contributed by atoms with Crippen LogP contribution in [0.15, 0.2) is 41.3 Å². The van der Waals surface area contributed by atoms with Crippen LogP contribution in [-0.4, -0.2) is 25.8 Å². The van der Waals surface area contributed by atoms with Gasteiger partial charge in [0, 0.05) is 28.5 Å². The number of amides is 1. The van der Waals surface area contributed by atoms with E-state index in [-0.39, 0.29) is 23.6 Å². The van der Waals surface area contributed by atoms with E-state index in [0.717, 1.165) is 27.7 Å². The van der Waals surface area contributed by atoms with E-state index < -0.39 is 0 Å². The van der Waals surface area contributed by atoms with Crippen LogP contribution in [-0.2, 0) is 18.4 Å². The molecule has 4 aromatic rings. The number of anilines is 1. The van der Waals surface area contributed by atoms with Gasteiger partial charge >= 0.3 is 0 Å². The van der Waals surface area contributed by atoms with Gasteiger partial charge < -0.3 is 9.47 Å². The van der Waals surface area contributed by atoms with Crippen LogP contribution >= 0.6 is 11.3 Å². The number of carbonyl (C=O) groups excluding carboxylic acids is 1. The van der Waals surface area contributed by atoms with Gasteiger partial charge in [0.25, 0.3) is 5.56 Å². The predicted octanol–water partition coefficient (Wildman–Crippen LogP) is 4.58. The molecule has 4 heterocycles. The summed E-state index contributed by atoms with van der Waals surface area (Å²) in [6.45, 7) is 8.35. The number of nitrogens with zero attached hydrogens (tertiary/aromatic N) is 4. The molecule has 1 aromatic carbocycles. The molecule has 1 aliphatic heterocycles. The molecule has 0 N–H and O–H groups in total. The lowest BCUT2D eigenvalue weighted by atomic mass is 9.80. The minimum absolute atomic E-state index is 0.0845. The number of para-hydroxylation sites is 1. The van der Waals surface area contributed by atoms with E-state index in [2.05, 4.69) is 44.9 Å². The molecule has 0 saturated heterocycles. The number of benzene rings is 1. The van der Waals surface area contributed by atoms with Crippen LogP contribution < -0.4 is 10.5 Å². The van der Waals surface area contributed by atoms with Crippen molar-refractivity contribution < 1.29 is 4.79 Å². The smallest absolute Gasteiger partial charge is 0.291 e. The Morgan fingerprint density at radius 1 is 1.29 bits per heavy atom. The van der Waals surface area contributed by atoms with Gasteiger partial charge in [-0.2, -0.15) is 5.10 Å². The molecule has 0 fully saturated rings. The SMILES string of the molecule is Cc1cc2c(s1)c1cnn(CC(=O)N3c4ccccc4C(C)CC3(C)C)c(=O)c1n2C. The highest BCUT2D eigenvalue weighted by Gasteiger charge is 2.39. The number of aromatic nitrogens is 3. The highest BCUT2D eigenvalue weighted by molar-refractivity contribution is 7.20. The maximum atomic E-state index is 13.5. The number of hydrogen-bond acceptors (Lipinski definition) is 4. The second kappa shape index (κ2) is 6.79. The van der Waals surface area contributed by atoms with Crippen LogP contribution in [0.5, 0.6) is 0 Å². The summed E-state index contributed by atoms with van der Waals surface area (Å²) >= 11 is 1.66. The number of aryl methyl sites for hydroxylation is 2. The average molecular weight is 435 g/mol. The lowest BCUT2D eigenvalue weighted by Crippen LogP contribution is -2.53. The fourth-order valence-electron chi connectivity index (χ4n) is 5.20. The van der Waals surface area contributed by atoms with Crippen molar-refractivity contribution in [3.63, 3.8) is 0 Å². The standard InChI is InChI=1S/C24H26N4O2S/c1-14-11-24(3,4)28(18-9-7-6-8-16(14)18)20(29)13-27-23(30)21-17(12-25-27)22-19(26(21)5)10-15(2)31-22/h6-10,12,14H,11,13H2,1-5H3. The molecule has 6 nitrogen and oxygen atoms in total. The highest BCUT2D eigenvalue weighted by Crippen LogP contribution is 2.43. The first-order valence-corrected chi connectivity index (χ1v) is 11.4. The number of fused-ring (bicyclic) bond motifs is 4. The zero-order chi connectivity index (χ0) is 22.1. The van der Waals surface area contributed by atoms with Gasteiger partial charge in [-0.05, 0) is 50.8 Å². The van der Waals surface area contributed by atoms with Gasteiger partial charge in [-0.15, -0.1) is 11.3 Å². The van der Waals surface area contributed by atoms with E-state index in [0.29, 0.717) is 11.4 Å². The fourth-order valence-corrected chi connectivity index (χ4v) is 6.25. The summed E-state index contributed by atoms with van der Waals surface area (Å²) in [4.78, 5) is 29.9. The predicted molar refractivity (Wildman–Crippen MR) is 126 cm³/mol. The van der Waals surface area contributed by atoms with Crippen molar-refractivity contribution in [2.75, 3.05) is 4.90 Å². The largest absolute Gasteiger partial charge is 0.338 e. The third-order valence-corrected chi connectivity index (χ3v) is 7.52. The summed E-state index contributed by atoms with van der Waals surface area (Å²) in [6, 6.07) is 10.1. The van der Waals surface area contributed by atoms with Gasteiger partial charge in [-0.25, -0.2) is 4.68 Å². The molecule has 3 aromatic heterocycles. The first kappa shape index (κ1) is 20.0. The van der Waals surface area contributed by atoms with Gasteiger partial charge in [0.05, 0.1) is 16.4 Å². The molecule has 1 aliphatic rings. The highest BCUT2D eigenvalue weighted by atomic mass is 32.1. The van der Waals surface area contributed by atoms with Gasteiger partial charge in [-0.3, -0.25) is 9.59 Å². The summed E-state index contributed by atoms with van der Waals surface area (Å²) in [5.41, 5.74) is 3.15. The minimum Gasteiger partial charge on any atom is -0.338 e. The third-order valence-electron chi connectivity index (χ3n) is 6.45. The summed E-state index contributed by atoms with van der Waals surface area (Å²) in [5, 5.41) is 5.23. The molecule has 0 aliphatic carbocycles. The molecular formula is C24H26N4O2S. The van der Waals surface area contributed by atoms with Crippen LogP contribution in [0.4, 0.5) is 5.69 Å². The molecule has 7 heteroatoms. The van der Waals surface area contributed by atoms with Crippen molar-refractivity contribution >= 4 is 44.1 Å². The van der Waals surface area contributed by atoms with E-state index >= 15 is 0 Å². The maximum absolute atomic E-state index is 13.5. The molecular weight excluding hydrogens is 408 g/mol. The van der Waals surface area contributed by atoms with Crippen LogP contribution in [0.25, 0.3) is 21.1 Å². The van der Waals surface area contributed by atoms with Crippen molar-refractivity contribution in [1.29, 1.82) is 0 Å². The molecule has 1 amide bonds. The van der Waals surface area contributed by atoms with E-state index in [1.807, 2.05) is 34.7 Å². The zero-order valence-electron chi connectivity index (χ0n) is 18.5. The van der Waals surface area contributed by atoms with Crippen molar-refractivity contribution in [1.82, 2.24) is 14.3 Å². The molecule has 160 valence electrons. The second-order valence-corrected chi connectivity index (χ2v) is 10.5. The van der Waals surface area contributed by atoms with E-state index in [9.17, 15) is 9.59 Å². The third kappa shape index (κ3) is 2.94. The zero-order valence-corrected chi connectivity index (χ0v) is 19.3. The Balaban J connectivity index is 1.58. The van der Waals surface area contributed by atoms with Crippen molar-refractivity contribution in [3.8, 4) is 0 Å². The molecule has 0 spiro atoms. The summed E-state index contributed by atoms with van der Waals surface area (Å²) < 4.78 is 4.29. The number of hydrogen-bond donors (Lipinski definition) is 0. The maximum Gasteiger partial charge on any atom is 0.291 e. The molecule has 0 bridgehead atoms. The molecule has 31 heavy (non-hydrogen) atoms. The lowest BCUT2D eigenvalue weighted by molar-refractivity contribution is -0.120. The van der Waals surface area contributed by atoms with Gasteiger partial charge in [0.15, 0.2) is 0 Å².